The molecule has 0 radical (unpaired) electrons. The third-order valence-electron chi connectivity index (χ3n) is 4.62. The highest BCUT2D eigenvalue weighted by Gasteiger charge is 2.12. The minimum Gasteiger partial charge on any atom is -0.206 e. The molecule has 24 heavy (non-hydrogen) atoms. The van der Waals surface area contributed by atoms with E-state index in [1.165, 1.54) is 28.8 Å². The highest BCUT2D eigenvalue weighted by atomic mass is 19.1. The fraction of sp³-hybridized carbons (Fsp3) is 0.182. The predicted octanol–water partition coefficient (Wildman–Crippen LogP) is 6.53. The van der Waals surface area contributed by atoms with Crippen molar-refractivity contribution in [3.63, 3.8) is 0 Å². The highest BCUT2D eigenvalue weighted by molar-refractivity contribution is 5.72. The summed E-state index contributed by atoms with van der Waals surface area (Å²) in [5.74, 6) is -1.05. The zero-order chi connectivity index (χ0) is 17.4. The number of halogens is 2. The van der Waals surface area contributed by atoms with Crippen molar-refractivity contribution >= 4 is 0 Å². The zero-order valence-electron chi connectivity index (χ0n) is 14.4. The van der Waals surface area contributed by atoms with Crippen molar-refractivity contribution in [2.45, 2.75) is 27.7 Å². The van der Waals surface area contributed by atoms with Crippen LogP contribution in [-0.2, 0) is 0 Å². The van der Waals surface area contributed by atoms with Crippen LogP contribution in [0.3, 0.4) is 0 Å². The molecule has 0 fully saturated rings. The second-order valence-corrected chi connectivity index (χ2v) is 6.42. The maximum absolute atomic E-state index is 14.1. The average molecular weight is 322 g/mol. The van der Waals surface area contributed by atoms with Gasteiger partial charge in [-0.2, -0.15) is 0 Å². The van der Waals surface area contributed by atoms with E-state index in [-0.39, 0.29) is 5.56 Å². The Labute approximate surface area is 141 Å². The molecule has 0 saturated heterocycles. The summed E-state index contributed by atoms with van der Waals surface area (Å²) in [6, 6.07) is 14.4. The first-order valence-corrected chi connectivity index (χ1v) is 8.01. The molecule has 2 heteroatoms. The highest BCUT2D eigenvalue weighted by Crippen LogP contribution is 2.30. The number of rotatable bonds is 2. The molecule has 0 N–H and O–H groups in total. The molecular weight excluding hydrogens is 302 g/mol. The second kappa shape index (κ2) is 6.20. The summed E-state index contributed by atoms with van der Waals surface area (Å²) >= 11 is 0. The summed E-state index contributed by atoms with van der Waals surface area (Å²) in [7, 11) is 0. The van der Waals surface area contributed by atoms with Gasteiger partial charge in [0.1, 0.15) is 11.6 Å². The molecule has 0 saturated carbocycles. The van der Waals surface area contributed by atoms with Crippen LogP contribution in [0.4, 0.5) is 8.78 Å². The standard InChI is InChI=1S/C22H20F2/c1-13-9-20(23)22(21(24)10-13)18-7-5-17(6-8-18)19-11-14(2)16(4)15(3)12-19/h5-12H,1-4H3. The van der Waals surface area contributed by atoms with Gasteiger partial charge in [0.2, 0.25) is 0 Å². The summed E-state index contributed by atoms with van der Waals surface area (Å²) in [5.41, 5.74) is 7.09. The van der Waals surface area contributed by atoms with E-state index in [0.717, 1.165) is 11.1 Å². The van der Waals surface area contributed by atoms with Gasteiger partial charge < -0.3 is 0 Å². The van der Waals surface area contributed by atoms with Crippen LogP contribution in [-0.4, -0.2) is 0 Å². The van der Waals surface area contributed by atoms with Gasteiger partial charge >= 0.3 is 0 Å². The van der Waals surface area contributed by atoms with Crippen molar-refractivity contribution in [1.29, 1.82) is 0 Å². The third-order valence-corrected chi connectivity index (χ3v) is 4.62. The second-order valence-electron chi connectivity index (χ2n) is 6.42. The van der Waals surface area contributed by atoms with Crippen molar-refractivity contribution in [2.75, 3.05) is 0 Å². The monoisotopic (exact) mass is 322 g/mol. The molecule has 0 amide bonds. The summed E-state index contributed by atoms with van der Waals surface area (Å²) in [4.78, 5) is 0. The van der Waals surface area contributed by atoms with Crippen molar-refractivity contribution in [3.8, 4) is 22.3 Å². The molecule has 0 unspecified atom stereocenters. The number of benzene rings is 3. The van der Waals surface area contributed by atoms with E-state index in [1.54, 1.807) is 19.1 Å². The Bertz CT molecular complexity index is 860. The molecule has 3 aromatic rings. The zero-order valence-corrected chi connectivity index (χ0v) is 14.4. The Kier molecular flexibility index (Phi) is 4.23. The largest absolute Gasteiger partial charge is 0.206 e. The van der Waals surface area contributed by atoms with E-state index in [1.807, 2.05) is 12.1 Å². The van der Waals surface area contributed by atoms with Gasteiger partial charge in [0, 0.05) is 0 Å². The number of aryl methyl sites for hydroxylation is 3. The van der Waals surface area contributed by atoms with Gasteiger partial charge in [-0.15, -0.1) is 0 Å². The molecule has 0 nitrogen and oxygen atoms in total. The molecule has 0 aromatic heterocycles. The molecular formula is C22H20F2. The maximum atomic E-state index is 14.1. The molecule has 0 heterocycles. The van der Waals surface area contributed by atoms with Crippen LogP contribution in [0, 0.1) is 39.3 Å². The predicted molar refractivity (Wildman–Crippen MR) is 96.2 cm³/mol. The lowest BCUT2D eigenvalue weighted by molar-refractivity contribution is 0.588. The van der Waals surface area contributed by atoms with E-state index in [9.17, 15) is 8.78 Å². The van der Waals surface area contributed by atoms with E-state index >= 15 is 0 Å². The quantitative estimate of drug-likeness (QED) is 0.503. The first kappa shape index (κ1) is 16.4. The van der Waals surface area contributed by atoms with E-state index in [4.69, 9.17) is 0 Å². The molecule has 0 aliphatic heterocycles. The van der Waals surface area contributed by atoms with Gasteiger partial charge in [-0.3, -0.25) is 0 Å². The van der Waals surface area contributed by atoms with Crippen molar-refractivity contribution in [1.82, 2.24) is 0 Å². The van der Waals surface area contributed by atoms with Gasteiger partial charge in [0.05, 0.1) is 5.56 Å². The first-order chi connectivity index (χ1) is 11.4. The lowest BCUT2D eigenvalue weighted by Gasteiger charge is -2.11. The lowest BCUT2D eigenvalue weighted by atomic mass is 9.95. The Morgan fingerprint density at radius 2 is 1.04 bits per heavy atom. The summed E-state index contributed by atoms with van der Waals surface area (Å²) in [6.07, 6.45) is 0. The smallest absolute Gasteiger partial charge is 0.134 e. The van der Waals surface area contributed by atoms with Crippen LogP contribution in [0.25, 0.3) is 22.3 Å². The van der Waals surface area contributed by atoms with Gasteiger partial charge in [0.15, 0.2) is 0 Å². The molecule has 0 atom stereocenters. The Morgan fingerprint density at radius 1 is 0.583 bits per heavy atom. The minimum atomic E-state index is -0.526. The van der Waals surface area contributed by atoms with Gasteiger partial charge in [-0.25, -0.2) is 8.78 Å². The van der Waals surface area contributed by atoms with E-state index in [2.05, 4.69) is 32.9 Å². The fourth-order valence-electron chi connectivity index (χ4n) is 3.01. The number of hydrogen-bond donors (Lipinski definition) is 0. The van der Waals surface area contributed by atoms with Crippen molar-refractivity contribution in [3.05, 3.63) is 82.4 Å². The van der Waals surface area contributed by atoms with Crippen LogP contribution in [0.5, 0.6) is 0 Å². The molecule has 0 bridgehead atoms. The van der Waals surface area contributed by atoms with Crippen LogP contribution in [0.2, 0.25) is 0 Å². The normalized spacial score (nSPS) is 10.9. The summed E-state index contributed by atoms with van der Waals surface area (Å²) in [5, 5.41) is 0. The lowest BCUT2D eigenvalue weighted by Crippen LogP contribution is -1.92. The van der Waals surface area contributed by atoms with Crippen LogP contribution in [0.15, 0.2) is 48.5 Å². The summed E-state index contributed by atoms with van der Waals surface area (Å²) in [6.45, 7) is 7.98. The molecule has 3 rings (SSSR count). The van der Waals surface area contributed by atoms with Crippen LogP contribution < -0.4 is 0 Å². The molecule has 0 aliphatic rings. The van der Waals surface area contributed by atoms with Gasteiger partial charge in [0.25, 0.3) is 0 Å². The van der Waals surface area contributed by atoms with Gasteiger partial charge in [-0.1, -0.05) is 36.4 Å². The third kappa shape index (κ3) is 2.96. The topological polar surface area (TPSA) is 0 Å². The summed E-state index contributed by atoms with van der Waals surface area (Å²) < 4.78 is 28.3. The molecule has 0 spiro atoms. The Balaban J connectivity index is 2.03. The Morgan fingerprint density at radius 3 is 1.54 bits per heavy atom. The van der Waals surface area contributed by atoms with E-state index < -0.39 is 11.6 Å². The maximum Gasteiger partial charge on any atom is 0.134 e. The van der Waals surface area contributed by atoms with Crippen LogP contribution in [0.1, 0.15) is 22.3 Å². The van der Waals surface area contributed by atoms with Crippen molar-refractivity contribution in [2.24, 2.45) is 0 Å². The Hall–Kier alpha value is -2.48. The minimum absolute atomic E-state index is 0.0309. The first-order valence-electron chi connectivity index (χ1n) is 8.01. The van der Waals surface area contributed by atoms with E-state index in [0.29, 0.717) is 11.1 Å². The average Bonchev–Trinajstić information content (AvgIpc) is 2.52. The van der Waals surface area contributed by atoms with Crippen molar-refractivity contribution < 1.29 is 8.78 Å². The van der Waals surface area contributed by atoms with Gasteiger partial charge in [-0.05, 0) is 78.8 Å². The SMILES string of the molecule is Cc1cc(F)c(-c2ccc(-c3cc(C)c(C)c(C)c3)cc2)c(F)c1. The molecule has 122 valence electrons. The molecule has 0 aliphatic carbocycles. The van der Waals surface area contributed by atoms with Crippen LogP contribution >= 0.6 is 0 Å². The molecule has 3 aromatic carbocycles. The number of hydrogen-bond acceptors (Lipinski definition) is 0. The fourth-order valence-corrected chi connectivity index (χ4v) is 3.01.